The van der Waals surface area contributed by atoms with Gasteiger partial charge in [0.05, 0.1) is 6.54 Å². The van der Waals surface area contributed by atoms with E-state index in [9.17, 15) is 9.18 Å². The molecule has 0 bridgehead atoms. The van der Waals surface area contributed by atoms with Crippen molar-refractivity contribution in [1.82, 2.24) is 19.6 Å². The van der Waals surface area contributed by atoms with Gasteiger partial charge in [-0.25, -0.2) is 4.39 Å². The Bertz CT molecular complexity index is 853. The molecule has 3 aromatic rings. The van der Waals surface area contributed by atoms with E-state index in [4.69, 9.17) is 11.6 Å². The van der Waals surface area contributed by atoms with E-state index >= 15 is 0 Å². The van der Waals surface area contributed by atoms with E-state index in [2.05, 4.69) is 15.5 Å². The summed E-state index contributed by atoms with van der Waals surface area (Å²) in [7, 11) is 0. The van der Waals surface area contributed by atoms with Crippen LogP contribution in [0.3, 0.4) is 0 Å². The van der Waals surface area contributed by atoms with Gasteiger partial charge in [0.1, 0.15) is 5.82 Å². The summed E-state index contributed by atoms with van der Waals surface area (Å²) in [6, 6.07) is 7.78. The molecule has 0 radical (unpaired) electrons. The maximum Gasteiger partial charge on any atom is 0.277 e. The number of aryl methyl sites for hydroxylation is 1. The summed E-state index contributed by atoms with van der Waals surface area (Å²) < 4.78 is 17.0. The molecule has 1 aromatic carbocycles. The predicted molar refractivity (Wildman–Crippen MR) is 88.6 cm³/mol. The lowest BCUT2D eigenvalue weighted by atomic mass is 10.2. The third-order valence-corrected chi connectivity index (χ3v) is 3.82. The largest absolute Gasteiger partial charge is 0.304 e. The smallest absolute Gasteiger partial charge is 0.277 e. The summed E-state index contributed by atoms with van der Waals surface area (Å²) in [5.41, 5.74) is 0.658. The van der Waals surface area contributed by atoms with E-state index in [1.165, 1.54) is 10.7 Å². The van der Waals surface area contributed by atoms with Crippen molar-refractivity contribution in [2.45, 2.75) is 20.0 Å². The Morgan fingerprint density at radius 1 is 1.21 bits per heavy atom. The first kappa shape index (κ1) is 16.2. The van der Waals surface area contributed by atoms with Crippen LogP contribution in [0.15, 0.2) is 42.7 Å². The second-order valence-corrected chi connectivity index (χ2v) is 5.52. The fourth-order valence-electron chi connectivity index (χ4n) is 2.20. The average Bonchev–Trinajstić information content (AvgIpc) is 3.20. The molecule has 3 rings (SSSR count). The highest BCUT2D eigenvalue weighted by molar-refractivity contribution is 6.31. The molecular weight excluding hydrogens is 333 g/mol. The van der Waals surface area contributed by atoms with Gasteiger partial charge < -0.3 is 5.32 Å². The topological polar surface area (TPSA) is 64.7 Å². The molecule has 0 aliphatic heterocycles. The van der Waals surface area contributed by atoms with Crippen molar-refractivity contribution in [3.05, 3.63) is 64.8 Å². The number of nitrogens with one attached hydrogen (secondary N) is 1. The van der Waals surface area contributed by atoms with Crippen molar-refractivity contribution >= 4 is 23.3 Å². The van der Waals surface area contributed by atoms with E-state index < -0.39 is 5.82 Å². The van der Waals surface area contributed by atoms with Crippen LogP contribution < -0.4 is 5.32 Å². The van der Waals surface area contributed by atoms with Crippen molar-refractivity contribution in [1.29, 1.82) is 0 Å². The van der Waals surface area contributed by atoms with Gasteiger partial charge in [0.2, 0.25) is 0 Å². The van der Waals surface area contributed by atoms with Crippen molar-refractivity contribution in [2.75, 3.05) is 5.32 Å². The molecule has 0 spiro atoms. The lowest BCUT2D eigenvalue weighted by molar-refractivity contribution is 0.102. The van der Waals surface area contributed by atoms with Crippen molar-refractivity contribution < 1.29 is 9.18 Å². The lowest BCUT2D eigenvalue weighted by Crippen LogP contribution is -2.14. The Hall–Kier alpha value is -2.67. The number of rotatable bonds is 5. The van der Waals surface area contributed by atoms with Crippen molar-refractivity contribution in [2.24, 2.45) is 0 Å². The summed E-state index contributed by atoms with van der Waals surface area (Å²) in [6.45, 7) is 2.79. The summed E-state index contributed by atoms with van der Waals surface area (Å²) in [5, 5.41) is 11.3. The lowest BCUT2D eigenvalue weighted by Gasteiger charge is -2.06. The maximum absolute atomic E-state index is 13.8. The van der Waals surface area contributed by atoms with Crippen molar-refractivity contribution in [3.8, 4) is 0 Å². The van der Waals surface area contributed by atoms with Gasteiger partial charge in [-0.2, -0.15) is 10.2 Å². The van der Waals surface area contributed by atoms with Gasteiger partial charge in [0.15, 0.2) is 11.5 Å². The number of aromatic nitrogens is 4. The quantitative estimate of drug-likeness (QED) is 0.770. The van der Waals surface area contributed by atoms with Gasteiger partial charge >= 0.3 is 0 Å². The van der Waals surface area contributed by atoms with Crippen LogP contribution in [0.2, 0.25) is 5.02 Å². The predicted octanol–water partition coefficient (Wildman–Crippen LogP) is 3.19. The second kappa shape index (κ2) is 6.84. The second-order valence-electron chi connectivity index (χ2n) is 5.11. The third-order valence-electron chi connectivity index (χ3n) is 3.46. The van der Waals surface area contributed by atoms with Crippen LogP contribution in [0.5, 0.6) is 0 Å². The zero-order chi connectivity index (χ0) is 17.1. The molecule has 1 amide bonds. The van der Waals surface area contributed by atoms with E-state index in [0.29, 0.717) is 28.6 Å². The molecule has 0 unspecified atom stereocenters. The van der Waals surface area contributed by atoms with Crippen LogP contribution in [-0.2, 0) is 13.1 Å². The number of hydrogen-bond donors (Lipinski definition) is 1. The van der Waals surface area contributed by atoms with Crippen LogP contribution in [0.4, 0.5) is 10.2 Å². The molecule has 0 saturated carbocycles. The Morgan fingerprint density at radius 3 is 2.71 bits per heavy atom. The summed E-state index contributed by atoms with van der Waals surface area (Å²) in [6.07, 6.45) is 3.37. The molecule has 2 heterocycles. The molecule has 6 nitrogen and oxygen atoms in total. The van der Waals surface area contributed by atoms with Gasteiger partial charge in [0.25, 0.3) is 5.91 Å². The number of hydrogen-bond acceptors (Lipinski definition) is 3. The monoisotopic (exact) mass is 347 g/mol. The molecule has 0 atom stereocenters. The number of carbonyl (C=O) groups excluding carboxylic acids is 1. The standard InChI is InChI=1S/C16H15ClFN5O/c1-2-22-8-6-14(20-22)16(24)19-15-7-9-23(21-15)10-11-12(17)4-3-5-13(11)18/h3-9H,2,10H2,1H3,(H,19,21,24). The first-order valence-corrected chi connectivity index (χ1v) is 7.75. The average molecular weight is 348 g/mol. The molecule has 24 heavy (non-hydrogen) atoms. The zero-order valence-corrected chi connectivity index (χ0v) is 13.7. The molecular formula is C16H15ClFN5O. The normalized spacial score (nSPS) is 10.8. The minimum Gasteiger partial charge on any atom is -0.304 e. The van der Waals surface area contributed by atoms with Crippen LogP contribution in [-0.4, -0.2) is 25.5 Å². The molecule has 0 aliphatic carbocycles. The van der Waals surface area contributed by atoms with Gasteiger partial charge in [-0.05, 0) is 25.1 Å². The number of benzene rings is 1. The Morgan fingerprint density at radius 2 is 2.00 bits per heavy atom. The summed E-state index contributed by atoms with van der Waals surface area (Å²) >= 11 is 6.01. The first-order chi connectivity index (χ1) is 11.6. The zero-order valence-electron chi connectivity index (χ0n) is 12.9. The Kier molecular flexibility index (Phi) is 4.61. The first-order valence-electron chi connectivity index (χ1n) is 7.38. The SMILES string of the molecule is CCn1ccc(C(=O)Nc2ccn(Cc3c(F)cccc3Cl)n2)n1. The minimum absolute atomic E-state index is 0.172. The molecule has 2 aromatic heterocycles. The van der Waals surface area contributed by atoms with E-state index in [1.807, 2.05) is 6.92 Å². The fourth-order valence-corrected chi connectivity index (χ4v) is 2.42. The van der Waals surface area contributed by atoms with E-state index in [-0.39, 0.29) is 12.5 Å². The molecule has 0 fully saturated rings. The van der Waals surface area contributed by atoms with E-state index in [1.54, 1.807) is 41.3 Å². The summed E-state index contributed by atoms with van der Waals surface area (Å²) in [5.74, 6) is -0.386. The van der Waals surface area contributed by atoms with Crippen LogP contribution in [0.25, 0.3) is 0 Å². The van der Waals surface area contributed by atoms with Gasteiger partial charge in [-0.3, -0.25) is 14.2 Å². The number of halogens is 2. The highest BCUT2D eigenvalue weighted by Crippen LogP contribution is 2.20. The van der Waals surface area contributed by atoms with Crippen LogP contribution in [0.1, 0.15) is 23.0 Å². The number of anilines is 1. The molecule has 0 saturated heterocycles. The van der Waals surface area contributed by atoms with Gasteiger partial charge in [0, 0.05) is 35.6 Å². The van der Waals surface area contributed by atoms with Gasteiger partial charge in [-0.15, -0.1) is 0 Å². The molecule has 8 heteroatoms. The molecule has 1 N–H and O–H groups in total. The number of amides is 1. The number of carbonyl (C=O) groups is 1. The highest BCUT2D eigenvalue weighted by atomic mass is 35.5. The van der Waals surface area contributed by atoms with Crippen LogP contribution in [0, 0.1) is 5.82 Å². The Balaban J connectivity index is 1.70. The molecule has 0 aliphatic rings. The maximum atomic E-state index is 13.8. The minimum atomic E-state index is -0.395. The van der Waals surface area contributed by atoms with Gasteiger partial charge in [-0.1, -0.05) is 17.7 Å². The van der Waals surface area contributed by atoms with Crippen molar-refractivity contribution in [3.63, 3.8) is 0 Å². The Labute approximate surface area is 142 Å². The third kappa shape index (κ3) is 3.46. The van der Waals surface area contributed by atoms with E-state index in [0.717, 1.165) is 0 Å². The number of nitrogens with zero attached hydrogens (tertiary/aromatic N) is 4. The fraction of sp³-hybridized carbons (Fsp3) is 0.188. The molecule has 124 valence electrons. The summed E-state index contributed by atoms with van der Waals surface area (Å²) in [4.78, 5) is 12.1. The highest BCUT2D eigenvalue weighted by Gasteiger charge is 2.12. The van der Waals surface area contributed by atoms with Crippen LogP contribution >= 0.6 is 11.6 Å².